The Kier molecular flexibility index (Phi) is 8.72. The van der Waals surface area contributed by atoms with Crippen LogP contribution in [-0.2, 0) is 17.0 Å². The molecule has 0 unspecified atom stereocenters. The van der Waals surface area contributed by atoms with Crippen molar-refractivity contribution < 1.29 is 9.59 Å². The number of rotatable bonds is 10. The van der Waals surface area contributed by atoms with E-state index in [9.17, 15) is 9.59 Å². The summed E-state index contributed by atoms with van der Waals surface area (Å²) in [4.78, 5) is 27.0. The third kappa shape index (κ3) is 6.67. The summed E-state index contributed by atoms with van der Waals surface area (Å²) in [5.41, 5.74) is 5.52. The van der Waals surface area contributed by atoms with Crippen molar-refractivity contribution in [1.82, 2.24) is 10.2 Å². The number of aryl methyl sites for hydroxylation is 1. The Morgan fingerprint density at radius 2 is 1.74 bits per heavy atom. The van der Waals surface area contributed by atoms with Gasteiger partial charge in [0.05, 0.1) is 5.75 Å². The van der Waals surface area contributed by atoms with Gasteiger partial charge in [0.2, 0.25) is 5.91 Å². The average Bonchev–Trinajstić information content (AvgIpc) is 3.24. The molecule has 176 valence electrons. The minimum Gasteiger partial charge on any atom is -0.351 e. The van der Waals surface area contributed by atoms with Crippen molar-refractivity contribution in [3.8, 4) is 0 Å². The summed E-state index contributed by atoms with van der Waals surface area (Å²) in [7, 11) is 0. The van der Waals surface area contributed by atoms with Crippen molar-refractivity contribution in [3.05, 3.63) is 107 Å². The summed E-state index contributed by atoms with van der Waals surface area (Å²) in [5, 5.41) is 3.01. The molecular formula is C28H30N2O2S2. The highest BCUT2D eigenvalue weighted by atomic mass is 32.2. The number of benzene rings is 3. The van der Waals surface area contributed by atoms with Crippen LogP contribution in [0.1, 0.15) is 38.0 Å². The SMILES string of the molecule is Cc1ccc(CSCCNC(=O)c2ccc([C@@H]3SCC(=O)N3CCc3ccccc3)cc2)cc1. The van der Waals surface area contributed by atoms with Crippen LogP contribution in [0, 0.1) is 6.92 Å². The Labute approximate surface area is 210 Å². The molecule has 0 bridgehead atoms. The van der Waals surface area contributed by atoms with Gasteiger partial charge in [0.15, 0.2) is 0 Å². The van der Waals surface area contributed by atoms with Gasteiger partial charge in [0, 0.05) is 30.2 Å². The normalized spacial score (nSPS) is 15.5. The van der Waals surface area contributed by atoms with Crippen LogP contribution in [0.15, 0.2) is 78.9 Å². The van der Waals surface area contributed by atoms with Crippen molar-refractivity contribution in [2.75, 3.05) is 24.6 Å². The van der Waals surface area contributed by atoms with Gasteiger partial charge in [-0.15, -0.1) is 11.8 Å². The van der Waals surface area contributed by atoms with E-state index in [4.69, 9.17) is 0 Å². The third-order valence-corrected chi connectivity index (χ3v) is 8.12. The molecule has 1 saturated heterocycles. The number of carbonyl (C=O) groups is 2. The highest BCUT2D eigenvalue weighted by molar-refractivity contribution is 8.00. The maximum atomic E-state index is 12.5. The number of hydrogen-bond donors (Lipinski definition) is 1. The fourth-order valence-electron chi connectivity index (χ4n) is 3.88. The Hall–Kier alpha value is -2.70. The molecule has 4 nitrogen and oxygen atoms in total. The first kappa shape index (κ1) is 24.4. The summed E-state index contributed by atoms with van der Waals surface area (Å²) in [5.74, 6) is 2.44. The molecule has 3 aromatic carbocycles. The predicted molar refractivity (Wildman–Crippen MR) is 143 cm³/mol. The Morgan fingerprint density at radius 3 is 2.47 bits per heavy atom. The second-order valence-electron chi connectivity index (χ2n) is 8.40. The molecule has 1 fully saturated rings. The van der Waals surface area contributed by atoms with Crippen LogP contribution < -0.4 is 5.32 Å². The lowest BCUT2D eigenvalue weighted by atomic mass is 10.1. The highest BCUT2D eigenvalue weighted by Crippen LogP contribution is 2.38. The summed E-state index contributed by atoms with van der Waals surface area (Å²) >= 11 is 3.47. The zero-order valence-corrected chi connectivity index (χ0v) is 21.0. The molecular weight excluding hydrogens is 460 g/mol. The molecule has 0 spiro atoms. The van der Waals surface area contributed by atoms with Crippen LogP contribution in [0.2, 0.25) is 0 Å². The van der Waals surface area contributed by atoms with E-state index in [0.29, 0.717) is 24.4 Å². The fourth-order valence-corrected chi connectivity index (χ4v) is 5.92. The molecule has 6 heteroatoms. The number of nitrogens with one attached hydrogen (secondary N) is 1. The predicted octanol–water partition coefficient (Wildman–Crippen LogP) is 5.47. The Balaban J connectivity index is 1.24. The van der Waals surface area contributed by atoms with Gasteiger partial charge >= 0.3 is 0 Å². The molecule has 0 aromatic heterocycles. The summed E-state index contributed by atoms with van der Waals surface area (Å²) < 4.78 is 0. The third-order valence-electron chi connectivity index (χ3n) is 5.83. The van der Waals surface area contributed by atoms with E-state index in [0.717, 1.165) is 23.5 Å². The monoisotopic (exact) mass is 490 g/mol. The average molecular weight is 491 g/mol. The first-order valence-electron chi connectivity index (χ1n) is 11.6. The van der Waals surface area contributed by atoms with Gasteiger partial charge in [-0.2, -0.15) is 11.8 Å². The molecule has 0 radical (unpaired) electrons. The number of carbonyl (C=O) groups excluding carboxylic acids is 2. The van der Waals surface area contributed by atoms with E-state index >= 15 is 0 Å². The van der Waals surface area contributed by atoms with Crippen molar-refractivity contribution in [2.45, 2.75) is 24.5 Å². The van der Waals surface area contributed by atoms with Gasteiger partial charge in [0.1, 0.15) is 5.37 Å². The highest BCUT2D eigenvalue weighted by Gasteiger charge is 2.32. The fraction of sp³-hybridized carbons (Fsp3) is 0.286. The molecule has 34 heavy (non-hydrogen) atoms. The molecule has 1 aliphatic rings. The van der Waals surface area contributed by atoms with E-state index in [-0.39, 0.29) is 17.2 Å². The van der Waals surface area contributed by atoms with Gasteiger partial charge < -0.3 is 10.2 Å². The van der Waals surface area contributed by atoms with E-state index in [1.807, 2.05) is 59.1 Å². The molecule has 1 N–H and O–H groups in total. The summed E-state index contributed by atoms with van der Waals surface area (Å²) in [6.07, 6.45) is 0.839. The van der Waals surface area contributed by atoms with Crippen LogP contribution in [0.5, 0.6) is 0 Å². The molecule has 2 amide bonds. The molecule has 3 aromatic rings. The van der Waals surface area contributed by atoms with Crippen LogP contribution in [0.3, 0.4) is 0 Å². The largest absolute Gasteiger partial charge is 0.351 e. The topological polar surface area (TPSA) is 49.4 Å². The number of nitrogens with zero attached hydrogens (tertiary/aromatic N) is 1. The van der Waals surface area contributed by atoms with Crippen LogP contribution in [0.4, 0.5) is 0 Å². The maximum absolute atomic E-state index is 12.5. The molecule has 0 aliphatic carbocycles. The zero-order valence-electron chi connectivity index (χ0n) is 19.4. The second-order valence-corrected chi connectivity index (χ2v) is 10.6. The standard InChI is InChI=1S/C28H30N2O2S2/c1-21-7-9-23(10-8-21)19-33-18-16-29-27(32)24-11-13-25(14-12-24)28-30(26(31)20-34-28)17-15-22-5-3-2-4-6-22/h2-14,28H,15-20H2,1H3,(H,29,32)/t28-/m0/s1. The minimum atomic E-state index is -0.0569. The minimum absolute atomic E-state index is 0.00602. The van der Waals surface area contributed by atoms with Crippen LogP contribution in [0.25, 0.3) is 0 Å². The van der Waals surface area contributed by atoms with Gasteiger partial charge in [0.25, 0.3) is 5.91 Å². The van der Waals surface area contributed by atoms with Crippen molar-refractivity contribution >= 4 is 35.3 Å². The Morgan fingerprint density at radius 1 is 1.00 bits per heavy atom. The van der Waals surface area contributed by atoms with Gasteiger partial charge in [-0.1, -0.05) is 72.3 Å². The first-order valence-corrected chi connectivity index (χ1v) is 13.8. The van der Waals surface area contributed by atoms with E-state index in [1.54, 1.807) is 11.8 Å². The van der Waals surface area contributed by atoms with Gasteiger partial charge in [-0.25, -0.2) is 0 Å². The lowest BCUT2D eigenvalue weighted by Gasteiger charge is -2.24. The number of amides is 2. The Bertz CT molecular complexity index is 1090. The number of hydrogen-bond acceptors (Lipinski definition) is 4. The lowest BCUT2D eigenvalue weighted by Crippen LogP contribution is -2.30. The summed E-state index contributed by atoms with van der Waals surface area (Å²) in [6, 6.07) is 26.5. The lowest BCUT2D eigenvalue weighted by molar-refractivity contribution is -0.128. The van der Waals surface area contributed by atoms with Gasteiger partial charge in [-0.05, 0) is 42.2 Å². The van der Waals surface area contributed by atoms with Crippen LogP contribution in [-0.4, -0.2) is 41.3 Å². The molecule has 1 heterocycles. The molecule has 0 saturated carbocycles. The van der Waals surface area contributed by atoms with E-state index < -0.39 is 0 Å². The summed E-state index contributed by atoms with van der Waals surface area (Å²) in [6.45, 7) is 3.42. The molecule has 1 atom stereocenters. The molecule has 4 rings (SSSR count). The van der Waals surface area contributed by atoms with Crippen molar-refractivity contribution in [3.63, 3.8) is 0 Å². The quantitative estimate of drug-likeness (QED) is 0.383. The smallest absolute Gasteiger partial charge is 0.251 e. The second kappa shape index (κ2) is 12.1. The van der Waals surface area contributed by atoms with Crippen LogP contribution >= 0.6 is 23.5 Å². The molecule has 1 aliphatic heterocycles. The first-order chi connectivity index (χ1) is 16.6. The number of thioether (sulfide) groups is 2. The van der Waals surface area contributed by atoms with Crippen molar-refractivity contribution in [2.24, 2.45) is 0 Å². The van der Waals surface area contributed by atoms with Gasteiger partial charge in [-0.3, -0.25) is 9.59 Å². The zero-order chi connectivity index (χ0) is 23.8. The van der Waals surface area contributed by atoms with E-state index in [1.165, 1.54) is 16.7 Å². The van der Waals surface area contributed by atoms with E-state index in [2.05, 4.69) is 48.6 Å². The van der Waals surface area contributed by atoms with Crippen molar-refractivity contribution in [1.29, 1.82) is 0 Å². The maximum Gasteiger partial charge on any atom is 0.251 e.